The molecule has 4 heteroatoms. The summed E-state index contributed by atoms with van der Waals surface area (Å²) in [4.78, 5) is 14.5. The van der Waals surface area contributed by atoms with Crippen LogP contribution in [0.2, 0.25) is 0 Å². The second-order valence-corrected chi connectivity index (χ2v) is 6.48. The number of nitrogens with zero attached hydrogens (tertiary/aromatic N) is 2. The van der Waals surface area contributed by atoms with Crippen LogP contribution in [0.3, 0.4) is 0 Å². The van der Waals surface area contributed by atoms with Crippen molar-refractivity contribution in [2.45, 2.75) is 19.9 Å². The molecule has 2 fully saturated rings. The first kappa shape index (κ1) is 12.9. The molecule has 1 aromatic carbocycles. The summed E-state index contributed by atoms with van der Waals surface area (Å²) in [5, 5.41) is 1.20. The van der Waals surface area contributed by atoms with Crippen LogP contribution in [-0.4, -0.2) is 41.7 Å². The third kappa shape index (κ3) is 2.05. The van der Waals surface area contributed by atoms with Crippen LogP contribution >= 0.6 is 0 Å². The Morgan fingerprint density at radius 1 is 1.33 bits per heavy atom. The van der Waals surface area contributed by atoms with Crippen LogP contribution in [0.25, 0.3) is 10.9 Å². The van der Waals surface area contributed by atoms with Gasteiger partial charge in [0.15, 0.2) is 0 Å². The number of aryl methyl sites for hydroxylation is 1. The summed E-state index contributed by atoms with van der Waals surface area (Å²) in [6.45, 7) is 5.91. The number of carbonyl (C=O) groups excluding carboxylic acids is 1. The summed E-state index contributed by atoms with van der Waals surface area (Å²) in [7, 11) is 0. The average molecular weight is 284 g/mol. The van der Waals surface area contributed by atoms with Gasteiger partial charge in [-0.25, -0.2) is 0 Å². The molecule has 2 aliphatic heterocycles. The van der Waals surface area contributed by atoms with Crippen molar-refractivity contribution >= 4 is 16.8 Å². The van der Waals surface area contributed by atoms with Gasteiger partial charge >= 0.3 is 0 Å². The summed E-state index contributed by atoms with van der Waals surface area (Å²) in [5.41, 5.74) is 2.55. The Hall–Kier alpha value is -1.81. The first-order chi connectivity index (χ1) is 10.2. The maximum Gasteiger partial charge on any atom is 0.242 e. The molecule has 2 saturated heterocycles. The summed E-state index contributed by atoms with van der Waals surface area (Å²) >= 11 is 0. The van der Waals surface area contributed by atoms with Gasteiger partial charge in [0.2, 0.25) is 5.91 Å². The number of benzene rings is 1. The Bertz CT molecular complexity index is 690. The zero-order chi connectivity index (χ0) is 14.4. The van der Waals surface area contributed by atoms with Crippen molar-refractivity contribution in [3.05, 3.63) is 36.0 Å². The first-order valence-corrected chi connectivity index (χ1v) is 7.57. The average Bonchev–Trinajstić information content (AvgIpc) is 3.03. The molecule has 0 aliphatic carbocycles. The lowest BCUT2D eigenvalue weighted by atomic mass is 9.79. The summed E-state index contributed by atoms with van der Waals surface area (Å²) < 4.78 is 7.59. The van der Waals surface area contributed by atoms with Crippen LogP contribution in [0.1, 0.15) is 12.1 Å². The fraction of sp³-hybridized carbons (Fsp3) is 0.471. The van der Waals surface area contributed by atoms with E-state index in [0.717, 1.165) is 43.9 Å². The van der Waals surface area contributed by atoms with Crippen LogP contribution in [-0.2, 0) is 16.1 Å². The van der Waals surface area contributed by atoms with E-state index in [-0.39, 0.29) is 11.3 Å². The largest absolute Gasteiger partial charge is 0.381 e. The van der Waals surface area contributed by atoms with Gasteiger partial charge in [0, 0.05) is 36.3 Å². The molecule has 0 atom stereocenters. The Kier molecular flexibility index (Phi) is 2.82. The minimum Gasteiger partial charge on any atom is -0.381 e. The third-order valence-corrected chi connectivity index (χ3v) is 4.90. The van der Waals surface area contributed by atoms with Crippen molar-refractivity contribution in [1.29, 1.82) is 0 Å². The monoisotopic (exact) mass is 284 g/mol. The molecule has 1 spiro atoms. The lowest BCUT2D eigenvalue weighted by Crippen LogP contribution is -2.59. The van der Waals surface area contributed by atoms with Gasteiger partial charge in [-0.05, 0) is 30.9 Å². The van der Waals surface area contributed by atoms with E-state index in [9.17, 15) is 4.79 Å². The minimum absolute atomic E-state index is 0.219. The number of hydrogen-bond donors (Lipinski definition) is 0. The van der Waals surface area contributed by atoms with Gasteiger partial charge in [-0.2, -0.15) is 0 Å². The number of aromatic nitrogens is 1. The van der Waals surface area contributed by atoms with Gasteiger partial charge in [0.1, 0.15) is 6.54 Å². The third-order valence-electron chi connectivity index (χ3n) is 4.90. The van der Waals surface area contributed by atoms with Crippen molar-refractivity contribution in [3.8, 4) is 0 Å². The Labute approximate surface area is 124 Å². The molecule has 110 valence electrons. The highest BCUT2D eigenvalue weighted by Crippen LogP contribution is 2.38. The number of hydrogen-bond acceptors (Lipinski definition) is 2. The van der Waals surface area contributed by atoms with E-state index in [2.05, 4.69) is 29.7 Å². The lowest BCUT2D eigenvalue weighted by Gasteiger charge is -2.47. The molecular weight excluding hydrogens is 264 g/mol. The zero-order valence-corrected chi connectivity index (χ0v) is 12.3. The van der Waals surface area contributed by atoms with Gasteiger partial charge in [-0.15, -0.1) is 0 Å². The Balaban J connectivity index is 1.50. The number of ether oxygens (including phenoxy) is 1. The van der Waals surface area contributed by atoms with Gasteiger partial charge in [0.05, 0.1) is 6.61 Å². The van der Waals surface area contributed by atoms with Crippen molar-refractivity contribution in [2.75, 3.05) is 26.3 Å². The fourth-order valence-electron chi connectivity index (χ4n) is 3.63. The second kappa shape index (κ2) is 4.60. The topological polar surface area (TPSA) is 34.5 Å². The van der Waals surface area contributed by atoms with Gasteiger partial charge in [-0.3, -0.25) is 4.79 Å². The number of amides is 1. The molecule has 0 saturated carbocycles. The minimum atomic E-state index is 0.219. The maximum absolute atomic E-state index is 12.5. The molecule has 4 rings (SSSR count). The second-order valence-electron chi connectivity index (χ2n) is 6.48. The quantitative estimate of drug-likeness (QED) is 0.847. The molecule has 2 aliphatic rings. The standard InChI is InChI=1S/C17H20N2O2/c1-13-8-14-4-2-3-5-15(14)19(13)9-16(20)18-10-17(11-18)6-7-21-12-17/h2-5,8H,6-7,9-12H2,1H3. The summed E-state index contributed by atoms with van der Waals surface area (Å²) in [6, 6.07) is 10.4. The Morgan fingerprint density at radius 3 is 2.90 bits per heavy atom. The molecule has 1 amide bonds. The van der Waals surface area contributed by atoms with Crippen molar-refractivity contribution < 1.29 is 9.53 Å². The van der Waals surface area contributed by atoms with E-state index >= 15 is 0 Å². The lowest BCUT2D eigenvalue weighted by molar-refractivity contribution is -0.144. The van der Waals surface area contributed by atoms with E-state index in [1.165, 1.54) is 5.39 Å². The van der Waals surface area contributed by atoms with Crippen LogP contribution in [0.15, 0.2) is 30.3 Å². The molecule has 4 nitrogen and oxygen atoms in total. The summed E-state index contributed by atoms with van der Waals surface area (Å²) in [6.07, 6.45) is 1.10. The smallest absolute Gasteiger partial charge is 0.242 e. The summed E-state index contributed by atoms with van der Waals surface area (Å²) in [5.74, 6) is 0.219. The molecule has 21 heavy (non-hydrogen) atoms. The number of para-hydroxylation sites is 1. The number of rotatable bonds is 2. The molecule has 2 aromatic rings. The molecule has 1 aromatic heterocycles. The van der Waals surface area contributed by atoms with E-state index in [1.54, 1.807) is 0 Å². The van der Waals surface area contributed by atoms with Gasteiger partial charge in [-0.1, -0.05) is 18.2 Å². The zero-order valence-electron chi connectivity index (χ0n) is 12.3. The van der Waals surface area contributed by atoms with Crippen molar-refractivity contribution in [3.63, 3.8) is 0 Å². The SMILES string of the molecule is Cc1cc2ccccc2n1CC(=O)N1CC2(CCOC2)C1. The first-order valence-electron chi connectivity index (χ1n) is 7.57. The normalized spacial score (nSPS) is 20.1. The van der Waals surface area contributed by atoms with Crippen LogP contribution in [0, 0.1) is 12.3 Å². The predicted molar refractivity (Wildman–Crippen MR) is 81.1 cm³/mol. The maximum atomic E-state index is 12.5. The van der Waals surface area contributed by atoms with E-state index < -0.39 is 0 Å². The molecule has 0 radical (unpaired) electrons. The van der Waals surface area contributed by atoms with Gasteiger partial charge in [0.25, 0.3) is 0 Å². The molecule has 3 heterocycles. The number of likely N-dealkylation sites (tertiary alicyclic amines) is 1. The molecule has 0 N–H and O–H groups in total. The van der Waals surface area contributed by atoms with E-state index in [0.29, 0.717) is 6.54 Å². The van der Waals surface area contributed by atoms with Gasteiger partial charge < -0.3 is 14.2 Å². The fourth-order valence-corrected chi connectivity index (χ4v) is 3.63. The van der Waals surface area contributed by atoms with Crippen LogP contribution < -0.4 is 0 Å². The van der Waals surface area contributed by atoms with E-state index in [4.69, 9.17) is 4.74 Å². The highest BCUT2D eigenvalue weighted by atomic mass is 16.5. The molecular formula is C17H20N2O2. The van der Waals surface area contributed by atoms with Crippen molar-refractivity contribution in [1.82, 2.24) is 9.47 Å². The predicted octanol–water partition coefficient (Wildman–Crippen LogP) is 2.20. The van der Waals surface area contributed by atoms with Crippen LogP contribution in [0.5, 0.6) is 0 Å². The number of fused-ring (bicyclic) bond motifs is 1. The van der Waals surface area contributed by atoms with Crippen LogP contribution in [0.4, 0.5) is 0 Å². The van der Waals surface area contributed by atoms with E-state index in [1.807, 2.05) is 17.0 Å². The highest BCUT2D eigenvalue weighted by Gasteiger charge is 2.47. The molecule has 0 bridgehead atoms. The van der Waals surface area contributed by atoms with Crippen molar-refractivity contribution in [2.24, 2.45) is 5.41 Å². The Morgan fingerprint density at radius 2 is 2.14 bits per heavy atom. The number of carbonyl (C=O) groups is 1. The highest BCUT2D eigenvalue weighted by molar-refractivity contribution is 5.84. The molecule has 0 unspecified atom stereocenters.